The van der Waals surface area contributed by atoms with E-state index in [1.54, 1.807) is 31.2 Å². The molecule has 0 aromatic heterocycles. The summed E-state index contributed by atoms with van der Waals surface area (Å²) < 4.78 is 26.4. The lowest BCUT2D eigenvalue weighted by molar-refractivity contribution is -0.150. The first-order valence-corrected chi connectivity index (χ1v) is 14.9. The average molecular weight is 592 g/mol. The van der Waals surface area contributed by atoms with Gasteiger partial charge in [0.15, 0.2) is 0 Å². The number of alkyl halides is 1. The Morgan fingerprint density at radius 1 is 1.09 bits per heavy atom. The van der Waals surface area contributed by atoms with Crippen LogP contribution in [-0.4, -0.2) is 48.7 Å². The van der Waals surface area contributed by atoms with Gasteiger partial charge in [-0.1, -0.05) is 30.3 Å². The summed E-state index contributed by atoms with van der Waals surface area (Å²) in [5, 5.41) is 25.2. The molecule has 0 spiro atoms. The normalized spacial score (nSPS) is 28.4. The number of amides is 2. The van der Waals surface area contributed by atoms with Crippen LogP contribution in [0.3, 0.4) is 0 Å². The monoisotopic (exact) mass is 591 g/mol. The first-order valence-electron chi connectivity index (χ1n) is 14.9. The van der Waals surface area contributed by atoms with Crippen molar-refractivity contribution in [3.8, 4) is 17.6 Å². The summed E-state index contributed by atoms with van der Waals surface area (Å²) in [7, 11) is 1.41. The molecule has 3 N–H and O–H groups in total. The lowest BCUT2D eigenvalue weighted by atomic mass is 9.75. The molecule has 2 aromatic carbocycles. The van der Waals surface area contributed by atoms with Gasteiger partial charge in [-0.15, -0.1) is 0 Å². The molecule has 3 aliphatic rings. The standard InChI is InChI=1S/C33H38FN3O6/c1-33(32(40)41)12-10-23(11-13-33)43-26-16-24(27(42-2)15-22(26)17-35)30(38)37-29-21-9-8-20(14-21)28(29)31(39)36-18-25(34)19-6-4-3-5-7-19/h3-7,15-16,20-21,23,25,28-29H,8-14,18H2,1-2H3,(H,36,39)(H,37,38)(H,40,41)/t20-,21+,23-,25-,28+,29-,33+/m1/s1. The van der Waals surface area contributed by atoms with Crippen LogP contribution >= 0.6 is 0 Å². The van der Waals surface area contributed by atoms with E-state index in [-0.39, 0.29) is 53.0 Å². The third kappa shape index (κ3) is 6.31. The topological polar surface area (TPSA) is 138 Å². The summed E-state index contributed by atoms with van der Waals surface area (Å²) in [4.78, 5) is 38.6. The van der Waals surface area contributed by atoms with Gasteiger partial charge in [0.2, 0.25) is 5.91 Å². The minimum atomic E-state index is -1.33. The number of carboxylic acid groups (broad SMARTS) is 1. The summed E-state index contributed by atoms with van der Waals surface area (Å²) in [6, 6.07) is 13.3. The third-order valence-corrected chi connectivity index (χ3v) is 9.65. The molecule has 43 heavy (non-hydrogen) atoms. The predicted octanol–water partition coefficient (Wildman–Crippen LogP) is 4.95. The van der Waals surface area contributed by atoms with Crippen molar-refractivity contribution < 1.29 is 33.4 Å². The van der Waals surface area contributed by atoms with Gasteiger partial charge in [0.1, 0.15) is 23.7 Å². The highest BCUT2D eigenvalue weighted by atomic mass is 19.1. The van der Waals surface area contributed by atoms with Crippen molar-refractivity contribution in [3.63, 3.8) is 0 Å². The van der Waals surface area contributed by atoms with E-state index in [9.17, 15) is 29.1 Å². The number of carbonyl (C=O) groups excluding carboxylic acids is 2. The number of carbonyl (C=O) groups is 3. The van der Waals surface area contributed by atoms with Crippen molar-refractivity contribution in [2.45, 2.75) is 70.2 Å². The SMILES string of the molecule is COc1cc(C#N)c(O[C@H]2CC[C@@](C)(C(=O)O)CC2)cc1C(=O)N[C@@H]1[C@H]2CC[C@H](C2)[C@@H]1C(=O)NC[C@@H](F)c1ccccc1. The molecule has 2 aromatic rings. The van der Waals surface area contributed by atoms with E-state index < -0.39 is 35.4 Å². The first-order chi connectivity index (χ1) is 20.6. The number of aliphatic carboxylic acids is 1. The van der Waals surface area contributed by atoms with E-state index in [0.29, 0.717) is 31.2 Å². The number of benzene rings is 2. The number of nitrogens with one attached hydrogen (secondary N) is 2. The van der Waals surface area contributed by atoms with Gasteiger partial charge >= 0.3 is 5.97 Å². The Bertz CT molecular complexity index is 1400. The van der Waals surface area contributed by atoms with Gasteiger partial charge in [0.25, 0.3) is 5.91 Å². The second-order valence-corrected chi connectivity index (χ2v) is 12.3. The number of halogens is 1. The summed E-state index contributed by atoms with van der Waals surface area (Å²) in [6.07, 6.45) is 2.87. The molecule has 9 nitrogen and oxygen atoms in total. The molecule has 0 unspecified atom stereocenters. The smallest absolute Gasteiger partial charge is 0.309 e. The first kappa shape index (κ1) is 30.3. The molecule has 228 valence electrons. The number of carboxylic acids is 1. The van der Waals surface area contributed by atoms with Crippen molar-refractivity contribution in [1.29, 1.82) is 5.26 Å². The Labute approximate surface area is 250 Å². The molecule has 0 heterocycles. The third-order valence-electron chi connectivity index (χ3n) is 9.65. The maximum absolute atomic E-state index is 14.8. The van der Waals surface area contributed by atoms with E-state index >= 15 is 0 Å². The fourth-order valence-corrected chi connectivity index (χ4v) is 7.02. The van der Waals surface area contributed by atoms with Gasteiger partial charge in [0.05, 0.1) is 42.2 Å². The molecule has 2 bridgehead atoms. The number of fused-ring (bicyclic) bond motifs is 2. The van der Waals surface area contributed by atoms with E-state index in [0.717, 1.165) is 19.3 Å². The van der Waals surface area contributed by atoms with Crippen molar-refractivity contribution >= 4 is 17.8 Å². The maximum Gasteiger partial charge on any atom is 0.309 e. The Kier molecular flexibility index (Phi) is 8.90. The van der Waals surface area contributed by atoms with E-state index in [2.05, 4.69) is 16.7 Å². The molecule has 2 amide bonds. The second kappa shape index (κ2) is 12.6. The quantitative estimate of drug-likeness (QED) is 0.355. The average Bonchev–Trinajstić information content (AvgIpc) is 3.63. The molecule has 5 atom stereocenters. The molecule has 0 radical (unpaired) electrons. The van der Waals surface area contributed by atoms with Crippen molar-refractivity contribution in [1.82, 2.24) is 10.6 Å². The van der Waals surface area contributed by atoms with Crippen molar-refractivity contribution in [2.75, 3.05) is 13.7 Å². The Morgan fingerprint density at radius 2 is 1.79 bits per heavy atom. The molecule has 10 heteroatoms. The summed E-state index contributed by atoms with van der Waals surface area (Å²) in [5.41, 5.74) is 0.0727. The van der Waals surface area contributed by atoms with E-state index in [1.165, 1.54) is 19.2 Å². The molecule has 0 saturated heterocycles. The van der Waals surface area contributed by atoms with E-state index in [1.807, 2.05) is 6.07 Å². The summed E-state index contributed by atoms with van der Waals surface area (Å²) in [6.45, 7) is 1.58. The highest BCUT2D eigenvalue weighted by Crippen LogP contribution is 2.49. The molecule has 5 rings (SSSR count). The largest absolute Gasteiger partial charge is 0.496 e. The van der Waals surface area contributed by atoms with Crippen LogP contribution in [0.4, 0.5) is 4.39 Å². The molecule has 3 saturated carbocycles. The van der Waals surface area contributed by atoms with Gasteiger partial charge < -0.3 is 25.2 Å². The Hall–Kier alpha value is -4.13. The van der Waals surface area contributed by atoms with Crippen LogP contribution in [-0.2, 0) is 9.59 Å². The molecule has 3 aliphatic carbocycles. The Morgan fingerprint density at radius 3 is 2.44 bits per heavy atom. The molecule has 0 aliphatic heterocycles. The number of methoxy groups -OCH3 is 1. The molecular formula is C33H38FN3O6. The lowest BCUT2D eigenvalue weighted by Gasteiger charge is -2.34. The van der Waals surface area contributed by atoms with Crippen LogP contribution in [0, 0.1) is 34.5 Å². The minimum Gasteiger partial charge on any atom is -0.496 e. The van der Waals surface area contributed by atoms with Gasteiger partial charge in [-0.05, 0) is 75.3 Å². The van der Waals surface area contributed by atoms with Crippen LogP contribution in [0.1, 0.15) is 79.5 Å². The van der Waals surface area contributed by atoms with Crippen molar-refractivity contribution in [3.05, 3.63) is 59.2 Å². The predicted molar refractivity (Wildman–Crippen MR) is 155 cm³/mol. The lowest BCUT2D eigenvalue weighted by Crippen LogP contribution is -2.50. The minimum absolute atomic E-state index is 0.106. The van der Waals surface area contributed by atoms with E-state index in [4.69, 9.17) is 9.47 Å². The van der Waals surface area contributed by atoms with Gasteiger partial charge in [-0.3, -0.25) is 14.4 Å². The number of rotatable bonds is 10. The number of nitrogens with zero attached hydrogens (tertiary/aromatic N) is 1. The number of hydrogen-bond donors (Lipinski definition) is 3. The highest BCUT2D eigenvalue weighted by Gasteiger charge is 2.51. The van der Waals surface area contributed by atoms with Gasteiger partial charge in [-0.25, -0.2) is 4.39 Å². The zero-order chi connectivity index (χ0) is 30.7. The van der Waals surface area contributed by atoms with Crippen LogP contribution in [0.5, 0.6) is 11.5 Å². The summed E-state index contributed by atoms with van der Waals surface area (Å²) >= 11 is 0. The summed E-state index contributed by atoms with van der Waals surface area (Å²) in [5.74, 6) is -1.35. The number of ether oxygens (including phenoxy) is 2. The zero-order valence-corrected chi connectivity index (χ0v) is 24.5. The molecular weight excluding hydrogens is 553 g/mol. The van der Waals surface area contributed by atoms with Gasteiger partial charge in [0, 0.05) is 12.1 Å². The van der Waals surface area contributed by atoms with Crippen molar-refractivity contribution in [2.24, 2.45) is 23.2 Å². The molecule has 3 fully saturated rings. The van der Waals surface area contributed by atoms with Gasteiger partial charge in [-0.2, -0.15) is 5.26 Å². The van der Waals surface area contributed by atoms with Crippen LogP contribution in [0.2, 0.25) is 0 Å². The highest BCUT2D eigenvalue weighted by molar-refractivity contribution is 5.98. The van der Waals surface area contributed by atoms with Crippen LogP contribution in [0.15, 0.2) is 42.5 Å². The Balaban J connectivity index is 1.29. The zero-order valence-electron chi connectivity index (χ0n) is 24.5. The van der Waals surface area contributed by atoms with Crippen LogP contribution < -0.4 is 20.1 Å². The number of nitriles is 1. The maximum atomic E-state index is 14.8. The number of hydrogen-bond acceptors (Lipinski definition) is 6. The fraction of sp³-hybridized carbons (Fsp3) is 0.515. The fourth-order valence-electron chi connectivity index (χ4n) is 7.02. The van der Waals surface area contributed by atoms with Crippen LogP contribution in [0.25, 0.3) is 0 Å². The second-order valence-electron chi connectivity index (χ2n) is 12.3.